The number of rotatable bonds is 4. The molecular weight excluding hydrogens is 321 g/mol. The van der Waals surface area contributed by atoms with E-state index in [-0.39, 0.29) is 17.4 Å². The Balaban J connectivity index is 2.76. The maximum absolute atomic E-state index is 13.1. The molecule has 0 aliphatic rings. The van der Waals surface area contributed by atoms with Gasteiger partial charge in [0.15, 0.2) is 0 Å². The molecule has 1 radical (unpaired) electrons. The van der Waals surface area contributed by atoms with Gasteiger partial charge >= 0.3 is 6.18 Å². The first-order valence-electron chi connectivity index (χ1n) is 6.31. The molecule has 0 unspecified atom stereocenters. The zero-order valence-electron chi connectivity index (χ0n) is 11.4. The molecule has 2 N–H and O–H groups in total. The number of alkyl halides is 3. The van der Waals surface area contributed by atoms with Crippen molar-refractivity contribution in [1.29, 1.82) is 0 Å². The Morgan fingerprint density at radius 3 is 2.59 bits per heavy atom. The Morgan fingerprint density at radius 2 is 2.00 bits per heavy atom. The van der Waals surface area contributed by atoms with Crippen LogP contribution in [0.2, 0.25) is 0 Å². The van der Waals surface area contributed by atoms with Crippen LogP contribution in [-0.4, -0.2) is 19.9 Å². The first-order chi connectivity index (χ1) is 10.1. The van der Waals surface area contributed by atoms with Crippen LogP contribution >= 0.6 is 0 Å². The number of hydrogen-bond acceptors (Lipinski definition) is 3. The van der Waals surface area contributed by atoms with Gasteiger partial charge in [0, 0.05) is 17.4 Å². The molecule has 1 aromatic heterocycles. The van der Waals surface area contributed by atoms with Gasteiger partial charge in [-0.1, -0.05) is 6.92 Å². The normalized spacial score (nSPS) is 12.7. The van der Waals surface area contributed by atoms with Crippen molar-refractivity contribution in [1.82, 2.24) is 9.71 Å². The maximum atomic E-state index is 13.1. The molecule has 1 heterocycles. The summed E-state index contributed by atoms with van der Waals surface area (Å²) in [5, 5.41) is 0.143. The zero-order chi connectivity index (χ0) is 16.5. The molecule has 22 heavy (non-hydrogen) atoms. The molecular formula is C13H12F3N2O3S. The number of H-pyrrole nitrogens is 1. The van der Waals surface area contributed by atoms with E-state index in [0.717, 1.165) is 12.1 Å². The van der Waals surface area contributed by atoms with Crippen molar-refractivity contribution in [3.8, 4) is 0 Å². The van der Waals surface area contributed by atoms with Crippen molar-refractivity contribution < 1.29 is 21.6 Å². The summed E-state index contributed by atoms with van der Waals surface area (Å²) in [4.78, 5) is 12.5. The molecule has 5 nitrogen and oxygen atoms in total. The fourth-order valence-electron chi connectivity index (χ4n) is 1.88. The van der Waals surface area contributed by atoms with Crippen LogP contribution in [0.3, 0.4) is 0 Å². The van der Waals surface area contributed by atoms with Crippen molar-refractivity contribution >= 4 is 20.9 Å². The van der Waals surface area contributed by atoms with Gasteiger partial charge in [-0.2, -0.15) is 13.2 Å². The van der Waals surface area contributed by atoms with Gasteiger partial charge in [0.2, 0.25) is 10.0 Å². The summed E-state index contributed by atoms with van der Waals surface area (Å²) in [5.74, 6) is 0. The van der Waals surface area contributed by atoms with Crippen LogP contribution < -0.4 is 10.3 Å². The van der Waals surface area contributed by atoms with Gasteiger partial charge in [0.1, 0.15) is 0 Å². The molecule has 119 valence electrons. The van der Waals surface area contributed by atoms with Crippen LogP contribution in [-0.2, 0) is 16.2 Å². The second-order valence-corrected chi connectivity index (χ2v) is 6.31. The van der Waals surface area contributed by atoms with E-state index in [1.54, 1.807) is 6.92 Å². The largest absolute Gasteiger partial charge is 0.417 e. The summed E-state index contributed by atoms with van der Waals surface area (Å²) in [6.07, 6.45) is -4.43. The van der Waals surface area contributed by atoms with Crippen LogP contribution in [0.25, 0.3) is 10.9 Å². The first kappa shape index (κ1) is 16.5. The predicted molar refractivity (Wildman–Crippen MR) is 73.9 cm³/mol. The van der Waals surface area contributed by atoms with Crippen molar-refractivity contribution in [2.75, 3.05) is 6.54 Å². The van der Waals surface area contributed by atoms with E-state index in [1.165, 1.54) is 0 Å². The van der Waals surface area contributed by atoms with Crippen molar-refractivity contribution in [2.45, 2.75) is 24.4 Å². The fraction of sp³-hybridized carbons (Fsp3) is 0.308. The molecule has 0 fully saturated rings. The lowest BCUT2D eigenvalue weighted by Crippen LogP contribution is -2.27. The monoisotopic (exact) mass is 333 g/mol. The number of sulfonamides is 1. The number of aromatic nitrogens is 1. The minimum absolute atomic E-state index is 0.0232. The van der Waals surface area contributed by atoms with Gasteiger partial charge in [-0.15, -0.1) is 0 Å². The zero-order valence-corrected chi connectivity index (χ0v) is 12.2. The number of nitrogens with one attached hydrogen (secondary N) is 2. The first-order valence-corrected chi connectivity index (χ1v) is 7.79. The molecule has 2 aromatic rings. The average molecular weight is 333 g/mol. The fourth-order valence-corrected chi connectivity index (χ4v) is 3.26. The number of pyridine rings is 1. The average Bonchev–Trinajstić information content (AvgIpc) is 2.42. The van der Waals surface area contributed by atoms with Gasteiger partial charge in [-0.25, -0.2) is 13.1 Å². The number of aromatic amines is 1. The molecule has 0 saturated carbocycles. The molecule has 0 bridgehead atoms. The molecule has 0 aliphatic heterocycles. The maximum Gasteiger partial charge on any atom is 0.417 e. The molecule has 9 heteroatoms. The molecule has 0 aliphatic carbocycles. The second-order valence-electron chi connectivity index (χ2n) is 4.57. The molecule has 1 aromatic carbocycles. The highest BCUT2D eigenvalue weighted by Gasteiger charge is 2.37. The highest BCUT2D eigenvalue weighted by Crippen LogP contribution is 2.36. The summed E-state index contributed by atoms with van der Waals surface area (Å²) < 4.78 is 65.7. The minimum atomic E-state index is -4.87. The summed E-state index contributed by atoms with van der Waals surface area (Å²) in [5.41, 5.74) is -2.13. The van der Waals surface area contributed by atoms with Gasteiger partial charge in [-0.05, 0) is 24.6 Å². The van der Waals surface area contributed by atoms with E-state index < -0.39 is 32.2 Å². The van der Waals surface area contributed by atoms with Crippen LogP contribution in [0.5, 0.6) is 0 Å². The summed E-state index contributed by atoms with van der Waals surface area (Å²) >= 11 is 0. The smallest absolute Gasteiger partial charge is 0.321 e. The quantitative estimate of drug-likeness (QED) is 0.899. The lowest BCUT2D eigenvalue weighted by molar-refractivity contribution is -0.139. The van der Waals surface area contributed by atoms with Gasteiger partial charge in [0.05, 0.1) is 16.5 Å². The van der Waals surface area contributed by atoms with Gasteiger partial charge in [-0.3, -0.25) is 4.79 Å². The van der Waals surface area contributed by atoms with E-state index in [4.69, 9.17) is 0 Å². The Morgan fingerprint density at radius 1 is 1.32 bits per heavy atom. The lowest BCUT2D eigenvalue weighted by atomic mass is 10.1. The van der Waals surface area contributed by atoms with Gasteiger partial charge in [0.25, 0.3) is 5.56 Å². The number of fused-ring (bicyclic) bond motifs is 1. The lowest BCUT2D eigenvalue weighted by Gasteiger charge is -2.15. The highest BCUT2D eigenvalue weighted by atomic mass is 32.2. The Kier molecular flexibility index (Phi) is 4.30. The van der Waals surface area contributed by atoms with E-state index in [2.05, 4.69) is 15.8 Å². The van der Waals surface area contributed by atoms with E-state index in [9.17, 15) is 26.4 Å². The Bertz CT molecular complexity index is 857. The van der Waals surface area contributed by atoms with Crippen LogP contribution in [0.4, 0.5) is 13.2 Å². The van der Waals surface area contributed by atoms with E-state index in [1.807, 2.05) is 0 Å². The van der Waals surface area contributed by atoms with Crippen molar-refractivity contribution in [2.24, 2.45) is 0 Å². The third-order valence-electron chi connectivity index (χ3n) is 2.90. The van der Waals surface area contributed by atoms with Gasteiger partial charge < -0.3 is 4.98 Å². The van der Waals surface area contributed by atoms with E-state index >= 15 is 0 Å². The third-order valence-corrected chi connectivity index (χ3v) is 4.40. The van der Waals surface area contributed by atoms with Crippen molar-refractivity contribution in [3.05, 3.63) is 40.2 Å². The molecule has 0 spiro atoms. The summed E-state index contributed by atoms with van der Waals surface area (Å²) in [6, 6.07) is 4.89. The third kappa shape index (κ3) is 3.30. The SMILES string of the molecule is CCCNS(=O)(=O)c1cc2c[c]c(=O)[nH]c2cc1C(F)(F)F. The van der Waals surface area contributed by atoms with E-state index in [0.29, 0.717) is 12.5 Å². The predicted octanol–water partition coefficient (Wildman–Crippen LogP) is 2.04. The Labute approximate surface area is 124 Å². The summed E-state index contributed by atoms with van der Waals surface area (Å²) in [6.45, 7) is 1.71. The second kappa shape index (κ2) is 5.73. The Hall–Kier alpha value is -1.87. The molecule has 2 rings (SSSR count). The van der Waals surface area contributed by atoms with Crippen LogP contribution in [0.15, 0.2) is 27.9 Å². The van der Waals surface area contributed by atoms with Crippen molar-refractivity contribution in [3.63, 3.8) is 0 Å². The van der Waals surface area contributed by atoms with Crippen LogP contribution in [0.1, 0.15) is 18.9 Å². The summed E-state index contributed by atoms with van der Waals surface area (Å²) in [7, 11) is -4.31. The topological polar surface area (TPSA) is 79.0 Å². The molecule has 0 saturated heterocycles. The standard InChI is InChI=1S/C13H12F3N2O3S/c1-2-5-17-22(20,21)11-6-8-3-4-12(19)18-10(8)7-9(11)13(14,15)16/h3,6-7,17H,2,5H2,1H3,(H,18,19). The molecule has 0 amide bonds. The highest BCUT2D eigenvalue weighted by molar-refractivity contribution is 7.89. The minimum Gasteiger partial charge on any atom is -0.321 e. The van der Waals surface area contributed by atoms with Crippen LogP contribution in [0, 0.1) is 6.07 Å². The number of hydrogen-bond donors (Lipinski definition) is 2. The molecule has 0 atom stereocenters. The number of benzene rings is 1. The number of halogens is 3.